The summed E-state index contributed by atoms with van der Waals surface area (Å²) in [5.74, 6) is 0.808. The third-order valence-electron chi connectivity index (χ3n) is 4.44. The third-order valence-corrected chi connectivity index (χ3v) is 4.44. The molecule has 5 aromatic rings. The highest BCUT2D eigenvalue weighted by molar-refractivity contribution is 5.80. The summed E-state index contributed by atoms with van der Waals surface area (Å²) in [6, 6.07) is 20.0. The second-order valence-electron chi connectivity index (χ2n) is 6.32. The average Bonchev–Trinajstić information content (AvgIpc) is 3.35. The van der Waals surface area contributed by atoms with E-state index >= 15 is 0 Å². The van der Waals surface area contributed by atoms with E-state index in [0.29, 0.717) is 0 Å². The van der Waals surface area contributed by atoms with E-state index in [2.05, 4.69) is 20.1 Å². The number of rotatable bonds is 3. The largest absolute Gasteiger partial charge is 0.336 e. The number of H-pyrrole nitrogens is 1. The Labute approximate surface area is 155 Å². The Balaban J connectivity index is 1.73. The molecule has 4 heterocycles. The van der Waals surface area contributed by atoms with E-state index in [1.807, 2.05) is 73.8 Å². The average molecular weight is 352 g/mol. The van der Waals surface area contributed by atoms with E-state index in [-0.39, 0.29) is 0 Å². The lowest BCUT2D eigenvalue weighted by molar-refractivity contribution is 0.962. The molecule has 0 unspecified atom stereocenters. The smallest absolute Gasteiger partial charge is 0.155 e. The van der Waals surface area contributed by atoms with Gasteiger partial charge in [-0.1, -0.05) is 36.4 Å². The summed E-state index contributed by atoms with van der Waals surface area (Å²) >= 11 is 0. The van der Waals surface area contributed by atoms with Crippen LogP contribution in [0.15, 0.2) is 73.2 Å². The Morgan fingerprint density at radius 2 is 1.74 bits per heavy atom. The van der Waals surface area contributed by atoms with Crippen LogP contribution in [0.2, 0.25) is 0 Å². The number of nitrogens with zero attached hydrogens (tertiary/aromatic N) is 5. The van der Waals surface area contributed by atoms with Gasteiger partial charge in [0.1, 0.15) is 12.2 Å². The monoisotopic (exact) mass is 352 g/mol. The predicted molar refractivity (Wildman–Crippen MR) is 104 cm³/mol. The highest BCUT2D eigenvalue weighted by Gasteiger charge is 2.17. The second kappa shape index (κ2) is 6.17. The molecule has 1 aromatic carbocycles. The first-order valence-corrected chi connectivity index (χ1v) is 8.67. The first-order valence-electron chi connectivity index (χ1n) is 8.67. The summed E-state index contributed by atoms with van der Waals surface area (Å²) in [5, 5.41) is 4.24. The molecule has 0 bridgehead atoms. The number of pyridine rings is 2. The maximum Gasteiger partial charge on any atom is 0.155 e. The van der Waals surface area contributed by atoms with Crippen LogP contribution in [0, 0.1) is 6.92 Å². The van der Waals surface area contributed by atoms with Gasteiger partial charge in [0, 0.05) is 23.0 Å². The molecule has 0 saturated carbocycles. The quantitative estimate of drug-likeness (QED) is 0.529. The van der Waals surface area contributed by atoms with Crippen LogP contribution in [0.25, 0.3) is 39.7 Å². The molecule has 0 aliphatic rings. The number of nitrogens with one attached hydrogen (secondary N) is 1. The first kappa shape index (κ1) is 15.5. The van der Waals surface area contributed by atoms with Crippen molar-refractivity contribution in [1.29, 1.82) is 0 Å². The van der Waals surface area contributed by atoms with Gasteiger partial charge in [-0.15, -0.1) is 0 Å². The maximum absolute atomic E-state index is 4.89. The van der Waals surface area contributed by atoms with Crippen molar-refractivity contribution in [2.24, 2.45) is 0 Å². The number of aryl methyl sites for hydroxylation is 1. The fourth-order valence-electron chi connectivity index (χ4n) is 3.14. The van der Waals surface area contributed by atoms with Gasteiger partial charge >= 0.3 is 0 Å². The molecule has 0 spiro atoms. The minimum atomic E-state index is 0.799. The van der Waals surface area contributed by atoms with Crippen LogP contribution >= 0.6 is 0 Å². The molecule has 0 saturated heterocycles. The molecule has 4 aromatic heterocycles. The fourth-order valence-corrected chi connectivity index (χ4v) is 3.14. The molecule has 0 fully saturated rings. The van der Waals surface area contributed by atoms with Gasteiger partial charge in [0.05, 0.1) is 17.1 Å². The number of benzene rings is 1. The molecule has 1 N–H and O–H groups in total. The van der Waals surface area contributed by atoms with Crippen molar-refractivity contribution in [3.8, 4) is 34.0 Å². The van der Waals surface area contributed by atoms with E-state index in [1.165, 1.54) is 0 Å². The van der Waals surface area contributed by atoms with Crippen molar-refractivity contribution in [1.82, 2.24) is 29.5 Å². The molecule has 5 rings (SSSR count). The minimum Gasteiger partial charge on any atom is -0.336 e. The van der Waals surface area contributed by atoms with E-state index < -0.39 is 0 Å². The Morgan fingerprint density at radius 1 is 0.852 bits per heavy atom. The molecule has 0 atom stereocenters. The maximum atomic E-state index is 4.89. The standard InChI is InChI=1S/C21H16N6/c1-14-6-5-9-17(24-14)20-19(16-10-11-18-22-13-23-27(18)12-16)25-21(26-20)15-7-3-2-4-8-15/h2-13H,1H3,(H,25,26). The molecule has 0 radical (unpaired) electrons. The minimum absolute atomic E-state index is 0.799. The SMILES string of the molecule is Cc1cccc(-c2[nH]c(-c3ccccc3)nc2-c2ccc3ncnn3c2)n1. The lowest BCUT2D eigenvalue weighted by Gasteiger charge is -2.04. The van der Waals surface area contributed by atoms with Crippen LogP contribution in [-0.4, -0.2) is 29.5 Å². The number of imidazole rings is 1. The van der Waals surface area contributed by atoms with Gasteiger partial charge in [-0.3, -0.25) is 4.98 Å². The fraction of sp³-hybridized carbons (Fsp3) is 0.0476. The molecular formula is C21H16N6. The van der Waals surface area contributed by atoms with Crippen molar-refractivity contribution in [3.05, 3.63) is 78.9 Å². The third kappa shape index (κ3) is 2.77. The molecule has 0 aliphatic heterocycles. The summed E-state index contributed by atoms with van der Waals surface area (Å²) < 4.78 is 1.75. The predicted octanol–water partition coefficient (Wildman–Crippen LogP) is 4.16. The summed E-state index contributed by atoms with van der Waals surface area (Å²) in [6.07, 6.45) is 3.48. The highest BCUT2D eigenvalue weighted by Crippen LogP contribution is 2.32. The molecule has 6 heteroatoms. The summed E-state index contributed by atoms with van der Waals surface area (Å²) in [7, 11) is 0. The van der Waals surface area contributed by atoms with Gasteiger partial charge in [-0.05, 0) is 31.2 Å². The van der Waals surface area contributed by atoms with Gasteiger partial charge in [-0.2, -0.15) is 5.10 Å². The van der Waals surface area contributed by atoms with Crippen molar-refractivity contribution in [3.63, 3.8) is 0 Å². The number of hydrogen-bond acceptors (Lipinski definition) is 4. The van der Waals surface area contributed by atoms with Crippen molar-refractivity contribution in [2.45, 2.75) is 6.92 Å². The Hall–Kier alpha value is -3.80. The topological polar surface area (TPSA) is 71.8 Å². The van der Waals surface area contributed by atoms with Gasteiger partial charge < -0.3 is 4.98 Å². The van der Waals surface area contributed by atoms with E-state index in [9.17, 15) is 0 Å². The second-order valence-corrected chi connectivity index (χ2v) is 6.32. The van der Waals surface area contributed by atoms with E-state index in [0.717, 1.165) is 45.4 Å². The van der Waals surface area contributed by atoms with Crippen LogP contribution in [0.1, 0.15) is 5.69 Å². The summed E-state index contributed by atoms with van der Waals surface area (Å²) in [6.45, 7) is 1.99. The van der Waals surface area contributed by atoms with Crippen molar-refractivity contribution < 1.29 is 0 Å². The molecule has 0 aliphatic carbocycles. The Kier molecular flexibility index (Phi) is 3.53. The van der Waals surface area contributed by atoms with Crippen LogP contribution in [-0.2, 0) is 0 Å². The van der Waals surface area contributed by atoms with Crippen molar-refractivity contribution in [2.75, 3.05) is 0 Å². The van der Waals surface area contributed by atoms with E-state index in [4.69, 9.17) is 4.98 Å². The normalized spacial score (nSPS) is 11.1. The van der Waals surface area contributed by atoms with Gasteiger partial charge in [0.25, 0.3) is 0 Å². The summed E-state index contributed by atoms with van der Waals surface area (Å²) in [4.78, 5) is 17.2. The highest BCUT2D eigenvalue weighted by atomic mass is 15.3. The zero-order valence-electron chi connectivity index (χ0n) is 14.7. The van der Waals surface area contributed by atoms with Crippen LogP contribution in [0.5, 0.6) is 0 Å². The molecule has 27 heavy (non-hydrogen) atoms. The lowest BCUT2D eigenvalue weighted by Crippen LogP contribution is -1.92. The van der Waals surface area contributed by atoms with Crippen LogP contribution < -0.4 is 0 Å². The molecule has 6 nitrogen and oxygen atoms in total. The number of aromatic nitrogens is 6. The number of hydrogen-bond donors (Lipinski definition) is 1. The first-order chi connectivity index (χ1) is 13.3. The zero-order chi connectivity index (χ0) is 18.2. The number of fused-ring (bicyclic) bond motifs is 1. The van der Waals surface area contributed by atoms with Gasteiger partial charge in [-0.25, -0.2) is 14.5 Å². The van der Waals surface area contributed by atoms with E-state index in [1.54, 1.807) is 10.8 Å². The summed E-state index contributed by atoms with van der Waals surface area (Å²) in [5.41, 5.74) is 6.32. The Bertz CT molecular complexity index is 1240. The van der Waals surface area contributed by atoms with Gasteiger partial charge in [0.15, 0.2) is 5.65 Å². The molecule has 130 valence electrons. The zero-order valence-corrected chi connectivity index (χ0v) is 14.7. The van der Waals surface area contributed by atoms with Crippen LogP contribution in [0.4, 0.5) is 0 Å². The molecule has 0 amide bonds. The molecular weight excluding hydrogens is 336 g/mol. The lowest BCUT2D eigenvalue weighted by atomic mass is 10.1. The van der Waals surface area contributed by atoms with Crippen molar-refractivity contribution >= 4 is 5.65 Å². The van der Waals surface area contributed by atoms with Crippen LogP contribution in [0.3, 0.4) is 0 Å². The van der Waals surface area contributed by atoms with Gasteiger partial charge in [0.2, 0.25) is 0 Å². The number of aromatic amines is 1. The Morgan fingerprint density at radius 3 is 2.59 bits per heavy atom.